The first-order chi connectivity index (χ1) is 9.08. The molecule has 3 N–H and O–H groups in total. The van der Waals surface area contributed by atoms with Crippen LogP contribution in [0.25, 0.3) is 0 Å². The summed E-state index contributed by atoms with van der Waals surface area (Å²) in [5, 5.41) is 4.34. The van der Waals surface area contributed by atoms with Crippen molar-refractivity contribution in [1.29, 1.82) is 0 Å². The molecular formula is C14H12Cl2N2O. The summed E-state index contributed by atoms with van der Waals surface area (Å²) in [4.78, 5) is 11.1. The van der Waals surface area contributed by atoms with Crippen LogP contribution in [-0.2, 0) is 6.54 Å². The van der Waals surface area contributed by atoms with Crippen molar-refractivity contribution in [3.63, 3.8) is 0 Å². The Morgan fingerprint density at radius 3 is 2.53 bits per heavy atom. The van der Waals surface area contributed by atoms with Crippen LogP contribution in [0.5, 0.6) is 0 Å². The van der Waals surface area contributed by atoms with Crippen molar-refractivity contribution < 1.29 is 4.79 Å². The fraction of sp³-hybridized carbons (Fsp3) is 0.0714. The number of anilines is 1. The molecule has 1 amide bonds. The molecule has 2 aromatic rings. The summed E-state index contributed by atoms with van der Waals surface area (Å²) >= 11 is 12.1. The molecule has 0 bridgehead atoms. The predicted molar refractivity (Wildman–Crippen MR) is 78.7 cm³/mol. The van der Waals surface area contributed by atoms with Crippen molar-refractivity contribution in [1.82, 2.24) is 0 Å². The van der Waals surface area contributed by atoms with Gasteiger partial charge in [-0.05, 0) is 29.8 Å². The molecule has 5 heteroatoms. The number of nitrogens with one attached hydrogen (secondary N) is 1. The van der Waals surface area contributed by atoms with E-state index in [1.165, 1.54) is 0 Å². The molecule has 19 heavy (non-hydrogen) atoms. The van der Waals surface area contributed by atoms with E-state index in [2.05, 4.69) is 5.32 Å². The molecule has 0 saturated carbocycles. The van der Waals surface area contributed by atoms with Crippen molar-refractivity contribution in [2.45, 2.75) is 6.54 Å². The van der Waals surface area contributed by atoms with Crippen molar-refractivity contribution in [3.8, 4) is 0 Å². The van der Waals surface area contributed by atoms with E-state index in [9.17, 15) is 4.79 Å². The Morgan fingerprint density at radius 1 is 1.11 bits per heavy atom. The quantitative estimate of drug-likeness (QED) is 0.903. The summed E-state index contributed by atoms with van der Waals surface area (Å²) in [5.41, 5.74) is 7.24. The highest BCUT2D eigenvalue weighted by Gasteiger charge is 2.06. The van der Waals surface area contributed by atoms with Gasteiger partial charge in [-0.2, -0.15) is 0 Å². The maximum Gasteiger partial charge on any atom is 0.248 e. The number of carbonyl (C=O) groups excluding carboxylic acids is 1. The minimum absolute atomic E-state index is 0.408. The summed E-state index contributed by atoms with van der Waals surface area (Å²) in [7, 11) is 0. The van der Waals surface area contributed by atoms with E-state index >= 15 is 0 Å². The Hall–Kier alpha value is -1.71. The smallest absolute Gasteiger partial charge is 0.248 e. The van der Waals surface area contributed by atoms with Crippen molar-refractivity contribution in [3.05, 3.63) is 63.6 Å². The molecule has 0 aliphatic rings. The molecule has 0 radical (unpaired) electrons. The molecule has 0 fully saturated rings. The SMILES string of the molecule is NC(=O)c1ccc(Cl)c(NCc2ccccc2Cl)c1. The van der Waals surface area contributed by atoms with Crippen LogP contribution < -0.4 is 11.1 Å². The number of rotatable bonds is 4. The zero-order valence-corrected chi connectivity index (χ0v) is 11.5. The van der Waals surface area contributed by atoms with Crippen LogP contribution in [0.2, 0.25) is 10.0 Å². The molecule has 0 unspecified atom stereocenters. The van der Waals surface area contributed by atoms with Gasteiger partial charge in [-0.3, -0.25) is 4.79 Å². The maximum atomic E-state index is 11.1. The molecule has 2 aromatic carbocycles. The molecular weight excluding hydrogens is 283 g/mol. The van der Waals surface area contributed by atoms with Crippen LogP contribution in [0.15, 0.2) is 42.5 Å². The Balaban J connectivity index is 2.17. The number of carbonyl (C=O) groups is 1. The summed E-state index contributed by atoms with van der Waals surface area (Å²) in [6.07, 6.45) is 0. The summed E-state index contributed by atoms with van der Waals surface area (Å²) in [6, 6.07) is 12.4. The van der Waals surface area contributed by atoms with Gasteiger partial charge in [0.1, 0.15) is 0 Å². The average molecular weight is 295 g/mol. The van der Waals surface area contributed by atoms with Crippen LogP contribution in [-0.4, -0.2) is 5.91 Å². The zero-order valence-electron chi connectivity index (χ0n) is 9.99. The van der Waals surface area contributed by atoms with Crippen LogP contribution in [0.4, 0.5) is 5.69 Å². The Morgan fingerprint density at radius 2 is 1.84 bits per heavy atom. The van der Waals surface area contributed by atoms with Gasteiger partial charge in [0.25, 0.3) is 0 Å². The normalized spacial score (nSPS) is 10.2. The third-order valence-corrected chi connectivity index (χ3v) is 3.38. The van der Waals surface area contributed by atoms with Gasteiger partial charge in [-0.15, -0.1) is 0 Å². The third-order valence-electron chi connectivity index (χ3n) is 2.68. The summed E-state index contributed by atoms with van der Waals surface area (Å²) in [6.45, 7) is 0.515. The van der Waals surface area contributed by atoms with E-state index in [1.54, 1.807) is 18.2 Å². The van der Waals surface area contributed by atoms with E-state index in [0.29, 0.717) is 27.8 Å². The fourth-order valence-corrected chi connectivity index (χ4v) is 2.03. The second-order valence-corrected chi connectivity index (χ2v) is 4.82. The van der Waals surface area contributed by atoms with Gasteiger partial charge >= 0.3 is 0 Å². The number of nitrogens with two attached hydrogens (primary N) is 1. The molecule has 0 aliphatic heterocycles. The molecule has 0 heterocycles. The zero-order chi connectivity index (χ0) is 13.8. The standard InChI is InChI=1S/C14H12Cl2N2O/c15-11-4-2-1-3-10(11)8-18-13-7-9(14(17)19)5-6-12(13)16/h1-7,18H,8H2,(H2,17,19). The predicted octanol–water partition coefficient (Wildman–Crippen LogP) is 3.70. The Bertz CT molecular complexity index is 614. The van der Waals surface area contributed by atoms with Gasteiger partial charge < -0.3 is 11.1 Å². The number of hydrogen-bond donors (Lipinski definition) is 2. The highest BCUT2D eigenvalue weighted by atomic mass is 35.5. The van der Waals surface area contributed by atoms with Gasteiger partial charge in [0.15, 0.2) is 0 Å². The summed E-state index contributed by atoms with van der Waals surface area (Å²) in [5.74, 6) is -0.488. The highest BCUT2D eigenvalue weighted by Crippen LogP contribution is 2.24. The van der Waals surface area contributed by atoms with Gasteiger partial charge in [0.05, 0.1) is 10.7 Å². The van der Waals surface area contributed by atoms with Crippen molar-refractivity contribution >= 4 is 34.8 Å². The Kier molecular flexibility index (Phi) is 4.30. The minimum Gasteiger partial charge on any atom is -0.380 e. The average Bonchev–Trinajstić information content (AvgIpc) is 2.39. The summed E-state index contributed by atoms with van der Waals surface area (Å²) < 4.78 is 0. The number of benzene rings is 2. The molecule has 0 aromatic heterocycles. The van der Waals surface area contributed by atoms with E-state index in [-0.39, 0.29) is 0 Å². The lowest BCUT2D eigenvalue weighted by Crippen LogP contribution is -2.11. The molecule has 2 rings (SSSR count). The first-order valence-electron chi connectivity index (χ1n) is 5.64. The van der Waals surface area contributed by atoms with E-state index in [0.717, 1.165) is 5.56 Å². The fourth-order valence-electron chi connectivity index (χ4n) is 1.65. The Labute approximate surface area is 121 Å². The van der Waals surface area contributed by atoms with Crippen LogP contribution in [0.1, 0.15) is 15.9 Å². The molecule has 98 valence electrons. The topological polar surface area (TPSA) is 55.1 Å². The molecule has 0 atom stereocenters. The van der Waals surface area contributed by atoms with Gasteiger partial charge in [0, 0.05) is 17.1 Å². The molecule has 0 saturated heterocycles. The largest absolute Gasteiger partial charge is 0.380 e. The lowest BCUT2D eigenvalue weighted by molar-refractivity contribution is 0.100. The van der Waals surface area contributed by atoms with Gasteiger partial charge in [0.2, 0.25) is 5.91 Å². The molecule has 0 spiro atoms. The number of halogens is 2. The van der Waals surface area contributed by atoms with Crippen LogP contribution in [0.3, 0.4) is 0 Å². The van der Waals surface area contributed by atoms with E-state index in [1.807, 2.05) is 24.3 Å². The number of primary amides is 1. The third kappa shape index (κ3) is 3.40. The lowest BCUT2D eigenvalue weighted by Gasteiger charge is -2.10. The van der Waals surface area contributed by atoms with Gasteiger partial charge in [-0.25, -0.2) is 0 Å². The van der Waals surface area contributed by atoms with E-state index < -0.39 is 5.91 Å². The van der Waals surface area contributed by atoms with Crippen LogP contribution >= 0.6 is 23.2 Å². The second kappa shape index (κ2) is 5.95. The van der Waals surface area contributed by atoms with E-state index in [4.69, 9.17) is 28.9 Å². The minimum atomic E-state index is -0.488. The monoisotopic (exact) mass is 294 g/mol. The van der Waals surface area contributed by atoms with Crippen molar-refractivity contribution in [2.75, 3.05) is 5.32 Å². The first kappa shape index (κ1) is 13.7. The molecule has 0 aliphatic carbocycles. The highest BCUT2D eigenvalue weighted by molar-refractivity contribution is 6.33. The number of amides is 1. The lowest BCUT2D eigenvalue weighted by atomic mass is 10.1. The van der Waals surface area contributed by atoms with Crippen LogP contribution in [0, 0.1) is 0 Å². The first-order valence-corrected chi connectivity index (χ1v) is 6.40. The van der Waals surface area contributed by atoms with Crippen molar-refractivity contribution in [2.24, 2.45) is 5.73 Å². The number of hydrogen-bond acceptors (Lipinski definition) is 2. The maximum absolute atomic E-state index is 11.1. The molecule has 3 nitrogen and oxygen atoms in total. The second-order valence-electron chi connectivity index (χ2n) is 4.00. The van der Waals surface area contributed by atoms with Gasteiger partial charge in [-0.1, -0.05) is 41.4 Å².